The predicted octanol–water partition coefficient (Wildman–Crippen LogP) is 6.40. The van der Waals surface area contributed by atoms with E-state index in [0.29, 0.717) is 79.3 Å². The minimum atomic E-state index is 0.320. The maximum absolute atomic E-state index is 5.85. The van der Waals surface area contributed by atoms with Crippen molar-refractivity contribution in [3.8, 4) is 70.4 Å². The quantitative estimate of drug-likeness (QED) is 0.196. The number of para-hydroxylation sites is 4. The van der Waals surface area contributed by atoms with Gasteiger partial charge in [-0.15, -0.1) is 0 Å². The second-order valence-corrected chi connectivity index (χ2v) is 11.0. The Bertz CT molecular complexity index is 1670. The van der Waals surface area contributed by atoms with E-state index in [9.17, 15) is 0 Å². The summed E-state index contributed by atoms with van der Waals surface area (Å²) in [6.07, 6.45) is 0. The van der Waals surface area contributed by atoms with Crippen LogP contribution >= 0.6 is 0 Å². The van der Waals surface area contributed by atoms with Crippen molar-refractivity contribution in [1.29, 1.82) is 0 Å². The van der Waals surface area contributed by atoms with Gasteiger partial charge in [-0.25, -0.2) is 0 Å². The van der Waals surface area contributed by atoms with E-state index in [1.807, 2.05) is 97.1 Å². The minimum absolute atomic E-state index is 0.320. The highest BCUT2D eigenvalue weighted by Crippen LogP contribution is 2.22. The van der Waals surface area contributed by atoms with Gasteiger partial charge >= 0.3 is 0 Å². The van der Waals surface area contributed by atoms with Crippen LogP contribution in [0.4, 0.5) is 0 Å². The van der Waals surface area contributed by atoms with E-state index in [0.717, 1.165) is 45.3 Å². The molecule has 2 aliphatic rings. The maximum atomic E-state index is 5.85. The van der Waals surface area contributed by atoms with Crippen molar-refractivity contribution in [2.24, 2.45) is 0 Å². The SMILES string of the molecule is C1#CCOCc2ccccc2OCCOc2ccccc2COCC#C1.C1#CCOCc2ccccc2OCCOc2ccccc2COCC#C1. The summed E-state index contributed by atoms with van der Waals surface area (Å²) in [7, 11) is 0. The van der Waals surface area contributed by atoms with Crippen molar-refractivity contribution in [2.45, 2.75) is 26.4 Å². The summed E-state index contributed by atoms with van der Waals surface area (Å²) in [5, 5.41) is 0. The first-order valence-electron chi connectivity index (χ1n) is 16.9. The second kappa shape index (κ2) is 22.8. The molecule has 0 spiro atoms. The summed E-state index contributed by atoms with van der Waals surface area (Å²) < 4.78 is 45.7. The standard InChI is InChI=1S/2C22H20O4/c2*1-2-8-14-24-18-20-10-4-6-12-22(20)26-16-15-25-21-11-5-3-9-19(21)17-23-13-7-1/h2*3-6,9-12H,13-18H2. The Morgan fingerprint density at radius 3 is 0.788 bits per heavy atom. The van der Waals surface area contributed by atoms with Crippen LogP contribution in [0.2, 0.25) is 0 Å². The molecule has 0 fully saturated rings. The van der Waals surface area contributed by atoms with Crippen molar-refractivity contribution in [1.82, 2.24) is 0 Å². The minimum Gasteiger partial charge on any atom is -0.490 e. The second-order valence-electron chi connectivity index (χ2n) is 11.0. The van der Waals surface area contributed by atoms with Gasteiger partial charge in [0.05, 0.1) is 26.4 Å². The van der Waals surface area contributed by atoms with Gasteiger partial charge in [0.25, 0.3) is 0 Å². The molecule has 0 amide bonds. The van der Waals surface area contributed by atoms with Crippen molar-refractivity contribution in [3.05, 3.63) is 119 Å². The number of fused-ring (bicyclic) bond motifs is 4. The molecular formula is C44H40O8. The zero-order valence-electron chi connectivity index (χ0n) is 29.0. The maximum Gasteiger partial charge on any atom is 0.125 e. The predicted molar refractivity (Wildman–Crippen MR) is 197 cm³/mol. The topological polar surface area (TPSA) is 73.8 Å². The zero-order chi connectivity index (χ0) is 35.7. The highest BCUT2D eigenvalue weighted by Gasteiger charge is 2.07. The average Bonchev–Trinajstić information content (AvgIpc) is 3.18. The molecule has 0 aliphatic carbocycles. The van der Waals surface area contributed by atoms with Crippen LogP contribution in [0.3, 0.4) is 0 Å². The summed E-state index contributed by atoms with van der Waals surface area (Å²) in [5.41, 5.74) is 3.93. The Labute approximate surface area is 306 Å². The third-order valence-electron chi connectivity index (χ3n) is 7.29. The first-order chi connectivity index (χ1) is 25.9. The normalized spacial score (nSPS) is 15.1. The lowest BCUT2D eigenvalue weighted by Gasteiger charge is -2.14. The Morgan fingerprint density at radius 2 is 0.538 bits per heavy atom. The van der Waals surface area contributed by atoms with Crippen molar-refractivity contribution in [3.63, 3.8) is 0 Å². The van der Waals surface area contributed by atoms with E-state index < -0.39 is 0 Å². The van der Waals surface area contributed by atoms with Gasteiger partial charge in [0.1, 0.15) is 75.9 Å². The highest BCUT2D eigenvalue weighted by molar-refractivity contribution is 5.36. The molecule has 0 saturated heterocycles. The molecule has 2 heterocycles. The molecule has 0 atom stereocenters. The monoisotopic (exact) mass is 696 g/mol. The van der Waals surface area contributed by atoms with E-state index in [2.05, 4.69) is 47.4 Å². The Balaban J connectivity index is 0.000000201. The fourth-order valence-electron chi connectivity index (χ4n) is 4.83. The molecule has 6 rings (SSSR count). The Morgan fingerprint density at radius 1 is 0.308 bits per heavy atom. The first kappa shape index (κ1) is 37.4. The first-order valence-corrected chi connectivity index (χ1v) is 16.9. The van der Waals surface area contributed by atoms with Gasteiger partial charge in [-0.3, -0.25) is 0 Å². The van der Waals surface area contributed by atoms with Gasteiger partial charge in [-0.2, -0.15) is 0 Å². The molecule has 8 nitrogen and oxygen atoms in total. The summed E-state index contributed by atoms with van der Waals surface area (Å²) >= 11 is 0. The van der Waals surface area contributed by atoms with E-state index in [-0.39, 0.29) is 0 Å². The molecule has 0 aromatic heterocycles. The number of benzene rings is 4. The van der Waals surface area contributed by atoms with Gasteiger partial charge in [0, 0.05) is 22.3 Å². The number of hydrogen-bond acceptors (Lipinski definition) is 8. The molecule has 2 aliphatic heterocycles. The molecule has 0 radical (unpaired) electrons. The van der Waals surface area contributed by atoms with Crippen LogP contribution in [0, 0.1) is 47.4 Å². The van der Waals surface area contributed by atoms with Crippen LogP contribution in [0.15, 0.2) is 97.1 Å². The Kier molecular flexibility index (Phi) is 16.4. The lowest BCUT2D eigenvalue weighted by molar-refractivity contribution is 0.144. The zero-order valence-corrected chi connectivity index (χ0v) is 29.0. The van der Waals surface area contributed by atoms with Crippen molar-refractivity contribution < 1.29 is 37.9 Å². The fraction of sp³-hybridized carbons (Fsp3) is 0.273. The molecule has 4 aromatic carbocycles. The van der Waals surface area contributed by atoms with E-state index in [4.69, 9.17) is 37.9 Å². The number of rotatable bonds is 0. The number of hydrogen-bond donors (Lipinski definition) is 0. The summed E-state index contributed by atoms with van der Waals surface area (Å²) in [6, 6.07) is 31.2. The summed E-state index contributed by atoms with van der Waals surface area (Å²) in [6.45, 7) is 4.79. The molecule has 0 unspecified atom stereocenters. The van der Waals surface area contributed by atoms with Crippen LogP contribution in [-0.4, -0.2) is 52.9 Å². The van der Waals surface area contributed by atoms with Crippen LogP contribution in [0.1, 0.15) is 22.3 Å². The summed E-state index contributed by atoms with van der Waals surface area (Å²) in [5.74, 6) is 25.7. The van der Waals surface area contributed by atoms with Gasteiger partial charge in [0.2, 0.25) is 0 Å². The van der Waals surface area contributed by atoms with E-state index in [1.54, 1.807) is 0 Å². The smallest absolute Gasteiger partial charge is 0.125 e. The van der Waals surface area contributed by atoms with Gasteiger partial charge < -0.3 is 37.9 Å². The molecule has 0 saturated carbocycles. The molecule has 4 aromatic rings. The van der Waals surface area contributed by atoms with E-state index >= 15 is 0 Å². The van der Waals surface area contributed by atoms with E-state index in [1.165, 1.54) is 0 Å². The third kappa shape index (κ3) is 13.5. The molecule has 0 bridgehead atoms. The van der Waals surface area contributed by atoms with Crippen LogP contribution in [-0.2, 0) is 45.4 Å². The third-order valence-corrected chi connectivity index (χ3v) is 7.29. The molecule has 52 heavy (non-hydrogen) atoms. The van der Waals surface area contributed by atoms with Gasteiger partial charge in [0.15, 0.2) is 0 Å². The van der Waals surface area contributed by atoms with Gasteiger partial charge in [-0.1, -0.05) is 96.5 Å². The van der Waals surface area contributed by atoms with Gasteiger partial charge in [-0.05, 0) is 47.9 Å². The lowest BCUT2D eigenvalue weighted by Crippen LogP contribution is -2.11. The molecule has 0 N–H and O–H groups in total. The average molecular weight is 697 g/mol. The molecular weight excluding hydrogens is 656 g/mol. The van der Waals surface area contributed by atoms with Crippen LogP contribution in [0.25, 0.3) is 0 Å². The highest BCUT2D eigenvalue weighted by atomic mass is 16.5. The van der Waals surface area contributed by atoms with Crippen molar-refractivity contribution >= 4 is 0 Å². The van der Waals surface area contributed by atoms with Crippen molar-refractivity contribution in [2.75, 3.05) is 52.9 Å². The molecule has 264 valence electrons. The fourth-order valence-corrected chi connectivity index (χ4v) is 4.83. The molecule has 8 heteroatoms. The largest absolute Gasteiger partial charge is 0.490 e. The number of ether oxygens (including phenoxy) is 8. The lowest BCUT2D eigenvalue weighted by atomic mass is 10.2. The van der Waals surface area contributed by atoms with Crippen LogP contribution in [0.5, 0.6) is 23.0 Å². The summed E-state index contributed by atoms with van der Waals surface area (Å²) in [4.78, 5) is 0. The van der Waals surface area contributed by atoms with Crippen LogP contribution < -0.4 is 18.9 Å². The Hall–Kier alpha value is -5.84.